The van der Waals surface area contributed by atoms with Crippen LogP contribution in [0.5, 0.6) is 0 Å². The molecule has 0 aromatic carbocycles. The van der Waals surface area contributed by atoms with Gasteiger partial charge in [-0.3, -0.25) is 9.48 Å². The molecular formula is C16H25N3O3S. The Balaban J connectivity index is 1.89. The number of aromatic nitrogens is 2. The molecule has 2 fully saturated rings. The lowest BCUT2D eigenvalue weighted by atomic mass is 10.1. The molecule has 1 aliphatic carbocycles. The Morgan fingerprint density at radius 1 is 1.30 bits per heavy atom. The molecule has 1 unspecified atom stereocenters. The van der Waals surface area contributed by atoms with Crippen LogP contribution in [0.15, 0.2) is 6.07 Å². The highest BCUT2D eigenvalue weighted by Gasteiger charge is 2.36. The van der Waals surface area contributed by atoms with Crippen LogP contribution in [0.2, 0.25) is 0 Å². The Bertz CT molecular complexity index is 726. The first kappa shape index (κ1) is 16.5. The zero-order valence-electron chi connectivity index (χ0n) is 14.2. The summed E-state index contributed by atoms with van der Waals surface area (Å²) in [6.07, 6.45) is 2.78. The van der Waals surface area contributed by atoms with E-state index in [1.807, 2.05) is 26.8 Å². The van der Waals surface area contributed by atoms with Crippen LogP contribution < -0.4 is 0 Å². The SMILES string of the molecule is CN(C(=O)c1cc(C2CC2)nn1C(C)(C)C)C1CCS(=O)(=O)C1. The summed E-state index contributed by atoms with van der Waals surface area (Å²) >= 11 is 0. The lowest BCUT2D eigenvalue weighted by Gasteiger charge is -2.27. The van der Waals surface area contributed by atoms with Gasteiger partial charge in [-0.1, -0.05) is 0 Å². The molecule has 1 saturated carbocycles. The lowest BCUT2D eigenvalue weighted by Crippen LogP contribution is -2.40. The van der Waals surface area contributed by atoms with Gasteiger partial charge in [0.25, 0.3) is 5.91 Å². The quantitative estimate of drug-likeness (QED) is 0.841. The summed E-state index contributed by atoms with van der Waals surface area (Å²) in [6, 6.07) is 1.66. The Labute approximate surface area is 137 Å². The topological polar surface area (TPSA) is 72.3 Å². The minimum absolute atomic E-state index is 0.0639. The number of sulfone groups is 1. The summed E-state index contributed by atoms with van der Waals surface area (Å²) in [5, 5.41) is 4.65. The molecule has 0 radical (unpaired) electrons. The van der Waals surface area contributed by atoms with E-state index >= 15 is 0 Å². The van der Waals surface area contributed by atoms with Crippen molar-refractivity contribution in [2.45, 2.75) is 57.5 Å². The number of rotatable bonds is 3. The molecule has 7 heteroatoms. The summed E-state index contributed by atoms with van der Waals surface area (Å²) in [6.45, 7) is 6.06. The van der Waals surface area contributed by atoms with Crippen LogP contribution in [-0.4, -0.2) is 53.6 Å². The average molecular weight is 339 g/mol. The molecule has 0 bridgehead atoms. The number of hydrogen-bond donors (Lipinski definition) is 0. The molecule has 23 heavy (non-hydrogen) atoms. The highest BCUT2D eigenvalue weighted by atomic mass is 32.2. The fourth-order valence-electron chi connectivity index (χ4n) is 3.07. The number of carbonyl (C=O) groups is 1. The van der Waals surface area contributed by atoms with Gasteiger partial charge < -0.3 is 4.90 Å². The van der Waals surface area contributed by atoms with E-state index in [-0.39, 0.29) is 29.0 Å². The third-order valence-corrected chi connectivity index (χ3v) is 6.41. The largest absolute Gasteiger partial charge is 0.336 e. The highest BCUT2D eigenvalue weighted by molar-refractivity contribution is 7.91. The zero-order chi connectivity index (χ0) is 17.0. The Hall–Kier alpha value is -1.37. The molecular weight excluding hydrogens is 314 g/mol. The smallest absolute Gasteiger partial charge is 0.272 e. The van der Waals surface area contributed by atoms with Crippen molar-refractivity contribution >= 4 is 15.7 Å². The van der Waals surface area contributed by atoms with Gasteiger partial charge >= 0.3 is 0 Å². The zero-order valence-corrected chi connectivity index (χ0v) is 15.1. The number of hydrogen-bond acceptors (Lipinski definition) is 4. The van der Waals surface area contributed by atoms with Crippen molar-refractivity contribution in [3.63, 3.8) is 0 Å². The number of carbonyl (C=O) groups excluding carboxylic acids is 1. The van der Waals surface area contributed by atoms with E-state index in [1.165, 1.54) is 0 Å². The van der Waals surface area contributed by atoms with Crippen LogP contribution in [0.3, 0.4) is 0 Å². The van der Waals surface area contributed by atoms with Crippen LogP contribution in [0.4, 0.5) is 0 Å². The van der Waals surface area contributed by atoms with E-state index < -0.39 is 9.84 Å². The van der Waals surface area contributed by atoms with Gasteiger partial charge in [-0.25, -0.2) is 8.42 Å². The molecule has 1 aromatic rings. The molecule has 0 N–H and O–H groups in total. The predicted molar refractivity (Wildman–Crippen MR) is 88.4 cm³/mol. The summed E-state index contributed by atoms with van der Waals surface area (Å²) < 4.78 is 25.1. The second-order valence-corrected chi connectivity index (χ2v) is 10.0. The van der Waals surface area contributed by atoms with Crippen molar-refractivity contribution in [3.05, 3.63) is 17.5 Å². The van der Waals surface area contributed by atoms with Crippen LogP contribution in [0.25, 0.3) is 0 Å². The second-order valence-electron chi connectivity index (χ2n) is 7.78. The normalized spacial score (nSPS) is 23.9. The van der Waals surface area contributed by atoms with Crippen LogP contribution >= 0.6 is 0 Å². The molecule has 1 atom stereocenters. The maximum absolute atomic E-state index is 12.9. The van der Waals surface area contributed by atoms with Gasteiger partial charge in [-0.05, 0) is 46.1 Å². The highest BCUT2D eigenvalue weighted by Crippen LogP contribution is 2.40. The fourth-order valence-corrected chi connectivity index (χ4v) is 4.84. The van der Waals surface area contributed by atoms with Crippen molar-refractivity contribution in [2.24, 2.45) is 0 Å². The molecule has 1 amide bonds. The van der Waals surface area contributed by atoms with Gasteiger partial charge in [0.05, 0.1) is 22.7 Å². The van der Waals surface area contributed by atoms with Crippen molar-refractivity contribution in [2.75, 3.05) is 18.6 Å². The number of amides is 1. The summed E-state index contributed by atoms with van der Waals surface area (Å²) in [5.74, 6) is 0.568. The summed E-state index contributed by atoms with van der Waals surface area (Å²) in [4.78, 5) is 14.5. The van der Waals surface area contributed by atoms with Crippen molar-refractivity contribution in [1.82, 2.24) is 14.7 Å². The standard InChI is InChI=1S/C16H25N3O3S/c1-16(2,3)19-14(9-13(17-19)11-5-6-11)15(20)18(4)12-7-8-23(21,22)10-12/h9,11-12H,5-8,10H2,1-4H3. The predicted octanol–water partition coefficient (Wildman–Crippen LogP) is 1.77. The summed E-state index contributed by atoms with van der Waals surface area (Å²) in [7, 11) is -1.31. The first-order valence-electron chi connectivity index (χ1n) is 8.16. The van der Waals surface area contributed by atoms with Gasteiger partial charge in [0.15, 0.2) is 9.84 Å². The van der Waals surface area contributed by atoms with Crippen LogP contribution in [0, 0.1) is 0 Å². The molecule has 1 saturated heterocycles. The van der Waals surface area contributed by atoms with Gasteiger partial charge in [-0.15, -0.1) is 0 Å². The van der Waals surface area contributed by atoms with Crippen molar-refractivity contribution < 1.29 is 13.2 Å². The van der Waals surface area contributed by atoms with Gasteiger partial charge in [-0.2, -0.15) is 5.10 Å². The Morgan fingerprint density at radius 2 is 1.96 bits per heavy atom. The molecule has 1 aliphatic heterocycles. The van der Waals surface area contributed by atoms with E-state index in [9.17, 15) is 13.2 Å². The molecule has 2 aliphatic rings. The average Bonchev–Trinajstić information content (AvgIpc) is 3.08. The van der Waals surface area contributed by atoms with E-state index in [1.54, 1.807) is 16.6 Å². The minimum atomic E-state index is -3.01. The maximum atomic E-state index is 12.9. The second kappa shape index (κ2) is 5.33. The van der Waals surface area contributed by atoms with E-state index in [2.05, 4.69) is 5.10 Å². The molecule has 2 heterocycles. The molecule has 128 valence electrons. The number of nitrogens with zero attached hydrogens (tertiary/aromatic N) is 3. The first-order valence-corrected chi connectivity index (χ1v) is 9.99. The molecule has 0 spiro atoms. The molecule has 6 nitrogen and oxygen atoms in total. The van der Waals surface area contributed by atoms with E-state index in [4.69, 9.17) is 0 Å². The third-order valence-electron chi connectivity index (χ3n) is 4.65. The maximum Gasteiger partial charge on any atom is 0.272 e. The molecule has 1 aromatic heterocycles. The van der Waals surface area contributed by atoms with Gasteiger partial charge in [0.2, 0.25) is 0 Å². The van der Waals surface area contributed by atoms with Crippen molar-refractivity contribution in [3.8, 4) is 0 Å². The minimum Gasteiger partial charge on any atom is -0.336 e. The van der Waals surface area contributed by atoms with E-state index in [0.717, 1.165) is 18.5 Å². The van der Waals surface area contributed by atoms with Gasteiger partial charge in [0.1, 0.15) is 5.69 Å². The first-order chi connectivity index (χ1) is 10.6. The third kappa shape index (κ3) is 3.29. The molecule has 3 rings (SSSR count). The van der Waals surface area contributed by atoms with Crippen molar-refractivity contribution in [1.29, 1.82) is 0 Å². The fraction of sp³-hybridized carbons (Fsp3) is 0.750. The van der Waals surface area contributed by atoms with Crippen LogP contribution in [-0.2, 0) is 15.4 Å². The monoisotopic (exact) mass is 339 g/mol. The Morgan fingerprint density at radius 3 is 2.43 bits per heavy atom. The van der Waals surface area contributed by atoms with E-state index in [0.29, 0.717) is 18.0 Å². The Kier molecular flexibility index (Phi) is 3.82. The van der Waals surface area contributed by atoms with Crippen LogP contribution in [0.1, 0.15) is 62.1 Å². The summed E-state index contributed by atoms with van der Waals surface area (Å²) in [5.41, 5.74) is 1.25. The lowest BCUT2D eigenvalue weighted by molar-refractivity contribution is 0.0727. The van der Waals surface area contributed by atoms with Gasteiger partial charge in [0, 0.05) is 19.0 Å².